The minimum Gasteiger partial charge on any atom is -0.468 e. The fourth-order valence-electron chi connectivity index (χ4n) is 1.11. The SMILES string of the molecule is COC(=O)CS(=O)(=O)c1ccc(Cl)c(C)c1. The van der Waals surface area contributed by atoms with Crippen LogP contribution in [0.1, 0.15) is 5.56 Å². The minimum absolute atomic E-state index is 0.0693. The van der Waals surface area contributed by atoms with Crippen molar-refractivity contribution >= 4 is 27.4 Å². The van der Waals surface area contributed by atoms with E-state index < -0.39 is 21.6 Å². The zero-order valence-electron chi connectivity index (χ0n) is 8.86. The second kappa shape index (κ2) is 4.84. The summed E-state index contributed by atoms with van der Waals surface area (Å²) in [5, 5.41) is 0.483. The maximum Gasteiger partial charge on any atom is 0.321 e. The Labute approximate surface area is 99.1 Å². The zero-order valence-corrected chi connectivity index (χ0v) is 10.4. The lowest BCUT2D eigenvalue weighted by Gasteiger charge is -2.05. The number of rotatable bonds is 3. The van der Waals surface area contributed by atoms with E-state index in [1.807, 2.05) is 0 Å². The van der Waals surface area contributed by atoms with Gasteiger partial charge in [0.25, 0.3) is 0 Å². The van der Waals surface area contributed by atoms with Crippen LogP contribution in [0.3, 0.4) is 0 Å². The highest BCUT2D eigenvalue weighted by Crippen LogP contribution is 2.20. The van der Waals surface area contributed by atoms with Gasteiger partial charge in [-0.25, -0.2) is 8.42 Å². The second-order valence-corrected chi connectivity index (χ2v) is 5.64. The minimum atomic E-state index is -3.64. The lowest BCUT2D eigenvalue weighted by molar-refractivity contribution is -0.137. The molecule has 0 fully saturated rings. The van der Waals surface area contributed by atoms with Crippen molar-refractivity contribution in [3.8, 4) is 0 Å². The molecule has 0 atom stereocenters. The van der Waals surface area contributed by atoms with E-state index in [2.05, 4.69) is 4.74 Å². The van der Waals surface area contributed by atoms with Crippen LogP contribution < -0.4 is 0 Å². The molecule has 1 aromatic carbocycles. The third kappa shape index (κ3) is 2.96. The summed E-state index contributed by atoms with van der Waals surface area (Å²) in [6.07, 6.45) is 0. The molecule has 4 nitrogen and oxygen atoms in total. The average Bonchev–Trinajstić information content (AvgIpc) is 2.21. The van der Waals surface area contributed by atoms with Crippen LogP contribution in [0.2, 0.25) is 5.02 Å². The molecule has 0 bridgehead atoms. The quantitative estimate of drug-likeness (QED) is 0.777. The van der Waals surface area contributed by atoms with Crippen molar-refractivity contribution in [3.63, 3.8) is 0 Å². The van der Waals surface area contributed by atoms with Gasteiger partial charge in [0, 0.05) is 5.02 Å². The number of methoxy groups -OCH3 is 1. The summed E-state index contributed by atoms with van der Waals surface area (Å²) in [6.45, 7) is 1.69. The van der Waals surface area contributed by atoms with E-state index in [-0.39, 0.29) is 4.90 Å². The summed E-state index contributed by atoms with van der Waals surface area (Å²) >= 11 is 5.78. The first-order valence-corrected chi connectivity index (χ1v) is 6.45. The Hall–Kier alpha value is -1.07. The van der Waals surface area contributed by atoms with E-state index >= 15 is 0 Å². The number of sulfone groups is 1. The largest absolute Gasteiger partial charge is 0.468 e. The van der Waals surface area contributed by atoms with Crippen LogP contribution >= 0.6 is 11.6 Å². The van der Waals surface area contributed by atoms with Crippen LogP contribution in [0, 0.1) is 6.92 Å². The normalized spacial score (nSPS) is 11.2. The average molecular weight is 263 g/mol. The first-order chi connectivity index (χ1) is 7.36. The fraction of sp³-hybridized carbons (Fsp3) is 0.300. The summed E-state index contributed by atoms with van der Waals surface area (Å²) in [4.78, 5) is 11.0. The summed E-state index contributed by atoms with van der Waals surface area (Å²) in [6, 6.07) is 4.29. The molecular weight excluding hydrogens is 252 g/mol. The van der Waals surface area contributed by atoms with Crippen molar-refractivity contribution in [2.75, 3.05) is 12.9 Å². The lowest BCUT2D eigenvalue weighted by atomic mass is 10.2. The van der Waals surface area contributed by atoms with Crippen LogP contribution in [0.25, 0.3) is 0 Å². The smallest absolute Gasteiger partial charge is 0.321 e. The van der Waals surface area contributed by atoms with Gasteiger partial charge in [-0.05, 0) is 30.7 Å². The molecule has 0 aliphatic rings. The third-order valence-electron chi connectivity index (χ3n) is 2.02. The third-order valence-corrected chi connectivity index (χ3v) is 4.04. The van der Waals surface area contributed by atoms with Crippen LogP contribution in [0.5, 0.6) is 0 Å². The van der Waals surface area contributed by atoms with Crippen molar-refractivity contribution in [1.82, 2.24) is 0 Å². The number of carbonyl (C=O) groups excluding carboxylic acids is 1. The molecule has 0 radical (unpaired) electrons. The summed E-state index contributed by atoms with van der Waals surface area (Å²) in [5.74, 6) is -1.45. The molecule has 0 heterocycles. The number of benzene rings is 1. The molecule has 0 aliphatic carbocycles. The number of carbonyl (C=O) groups is 1. The Bertz CT molecular complexity index is 508. The number of aryl methyl sites for hydroxylation is 1. The second-order valence-electron chi connectivity index (χ2n) is 3.25. The highest BCUT2D eigenvalue weighted by atomic mass is 35.5. The maximum absolute atomic E-state index is 11.7. The van der Waals surface area contributed by atoms with Gasteiger partial charge in [0.15, 0.2) is 15.6 Å². The zero-order chi connectivity index (χ0) is 12.3. The summed E-state index contributed by atoms with van der Waals surface area (Å²) < 4.78 is 27.8. The van der Waals surface area contributed by atoms with Crippen LogP contribution in [0.4, 0.5) is 0 Å². The molecule has 0 aromatic heterocycles. The number of hydrogen-bond donors (Lipinski definition) is 0. The van der Waals surface area contributed by atoms with Crippen LogP contribution in [0.15, 0.2) is 23.1 Å². The monoisotopic (exact) mass is 262 g/mol. The Balaban J connectivity index is 3.08. The first-order valence-electron chi connectivity index (χ1n) is 4.42. The number of halogens is 1. The van der Waals surface area contributed by atoms with Crippen molar-refractivity contribution in [3.05, 3.63) is 28.8 Å². The molecule has 0 N–H and O–H groups in total. The van der Waals surface area contributed by atoms with Crippen LogP contribution in [-0.2, 0) is 19.4 Å². The van der Waals surface area contributed by atoms with E-state index in [4.69, 9.17) is 11.6 Å². The predicted molar refractivity (Wildman–Crippen MR) is 60.3 cm³/mol. The van der Waals surface area contributed by atoms with E-state index in [1.54, 1.807) is 6.92 Å². The van der Waals surface area contributed by atoms with Gasteiger partial charge < -0.3 is 4.74 Å². The van der Waals surface area contributed by atoms with Crippen molar-refractivity contribution < 1.29 is 17.9 Å². The molecule has 6 heteroatoms. The highest BCUT2D eigenvalue weighted by molar-refractivity contribution is 7.92. The molecule has 0 aliphatic heterocycles. The molecule has 0 amide bonds. The van der Waals surface area contributed by atoms with Crippen molar-refractivity contribution in [2.45, 2.75) is 11.8 Å². The maximum atomic E-state index is 11.7. The molecule has 88 valence electrons. The molecule has 1 rings (SSSR count). The Kier molecular flexibility index (Phi) is 3.93. The predicted octanol–water partition coefficient (Wildman–Crippen LogP) is 1.60. The molecule has 0 saturated heterocycles. The number of hydrogen-bond acceptors (Lipinski definition) is 4. The van der Waals surface area contributed by atoms with Crippen LogP contribution in [-0.4, -0.2) is 27.2 Å². The van der Waals surface area contributed by atoms with Crippen molar-refractivity contribution in [2.24, 2.45) is 0 Å². The number of ether oxygens (including phenoxy) is 1. The molecule has 0 saturated carbocycles. The molecule has 0 unspecified atom stereocenters. The van der Waals surface area contributed by atoms with Gasteiger partial charge in [0.2, 0.25) is 0 Å². The van der Waals surface area contributed by atoms with E-state index in [9.17, 15) is 13.2 Å². The van der Waals surface area contributed by atoms with Gasteiger partial charge in [-0.2, -0.15) is 0 Å². The first kappa shape index (κ1) is 13.0. The molecular formula is C10H11ClO4S. The van der Waals surface area contributed by atoms with Gasteiger partial charge >= 0.3 is 5.97 Å². The van der Waals surface area contributed by atoms with Gasteiger partial charge in [0.1, 0.15) is 0 Å². The Morgan fingerprint density at radius 3 is 2.56 bits per heavy atom. The van der Waals surface area contributed by atoms with Gasteiger partial charge in [-0.3, -0.25) is 4.79 Å². The fourth-order valence-corrected chi connectivity index (χ4v) is 2.45. The van der Waals surface area contributed by atoms with E-state index in [0.717, 1.165) is 7.11 Å². The van der Waals surface area contributed by atoms with E-state index in [1.165, 1.54) is 18.2 Å². The molecule has 0 spiro atoms. The Morgan fingerprint density at radius 1 is 1.44 bits per heavy atom. The number of esters is 1. The lowest BCUT2D eigenvalue weighted by Crippen LogP contribution is -2.17. The summed E-state index contributed by atoms with van der Waals surface area (Å²) in [7, 11) is -2.50. The molecule has 1 aromatic rings. The standard InChI is InChI=1S/C10H11ClO4S/c1-7-5-8(3-4-9(7)11)16(13,14)6-10(12)15-2/h3-5H,6H2,1-2H3. The summed E-state index contributed by atoms with van der Waals surface area (Å²) in [5.41, 5.74) is 0.646. The Morgan fingerprint density at radius 2 is 2.06 bits per heavy atom. The van der Waals surface area contributed by atoms with Gasteiger partial charge in [0.05, 0.1) is 12.0 Å². The van der Waals surface area contributed by atoms with E-state index in [0.29, 0.717) is 10.6 Å². The van der Waals surface area contributed by atoms with Gasteiger partial charge in [-0.1, -0.05) is 11.6 Å². The highest BCUT2D eigenvalue weighted by Gasteiger charge is 2.20. The topological polar surface area (TPSA) is 60.4 Å². The molecule has 16 heavy (non-hydrogen) atoms. The van der Waals surface area contributed by atoms with Gasteiger partial charge in [-0.15, -0.1) is 0 Å². The van der Waals surface area contributed by atoms with Crippen molar-refractivity contribution in [1.29, 1.82) is 0 Å².